The molecule has 0 aromatic carbocycles. The van der Waals surface area contributed by atoms with Crippen LogP contribution in [0.1, 0.15) is 54.4 Å². The first-order chi connectivity index (χ1) is 7.61. The van der Waals surface area contributed by atoms with Gasteiger partial charge in [-0.2, -0.15) is 0 Å². The molecule has 1 aliphatic rings. The van der Waals surface area contributed by atoms with Crippen molar-refractivity contribution in [2.24, 2.45) is 11.7 Å². The van der Waals surface area contributed by atoms with Gasteiger partial charge in [-0.1, -0.05) is 13.8 Å². The molecule has 0 atom stereocenters. The van der Waals surface area contributed by atoms with Crippen molar-refractivity contribution >= 4 is 0 Å². The maximum Gasteiger partial charge on any atom is 0.0291 e. The van der Waals surface area contributed by atoms with Crippen molar-refractivity contribution in [1.29, 1.82) is 0 Å². The summed E-state index contributed by atoms with van der Waals surface area (Å²) in [5.41, 5.74) is 7.24. The molecule has 0 unspecified atom stereocenters. The minimum Gasteiger partial charge on any atom is -0.401 e. The Morgan fingerprint density at radius 1 is 1.24 bits per heavy atom. The number of allylic oxidation sites excluding steroid dienone is 1. The third kappa shape index (κ3) is 4.58. The maximum atomic E-state index is 5.95. The molecule has 100 valence electrons. The van der Waals surface area contributed by atoms with E-state index in [2.05, 4.69) is 52.2 Å². The van der Waals surface area contributed by atoms with Gasteiger partial charge in [-0.25, -0.2) is 0 Å². The SMILES string of the molecule is CC(C)/C(N)=C/NC1CC(C)(C)NC(C)(C)C1. The molecular weight excluding hydrogens is 210 g/mol. The Balaban J connectivity index is 2.63. The first-order valence-electron chi connectivity index (χ1n) is 6.62. The van der Waals surface area contributed by atoms with E-state index in [-0.39, 0.29) is 11.1 Å². The number of hydrogen-bond donors (Lipinski definition) is 3. The van der Waals surface area contributed by atoms with E-state index in [1.165, 1.54) is 0 Å². The van der Waals surface area contributed by atoms with E-state index in [1.54, 1.807) is 0 Å². The largest absolute Gasteiger partial charge is 0.401 e. The van der Waals surface area contributed by atoms with Crippen molar-refractivity contribution in [2.45, 2.75) is 71.5 Å². The van der Waals surface area contributed by atoms with Crippen LogP contribution in [0.15, 0.2) is 11.9 Å². The number of piperidine rings is 1. The summed E-state index contributed by atoms with van der Waals surface area (Å²) in [5.74, 6) is 0.408. The van der Waals surface area contributed by atoms with Gasteiger partial charge in [0, 0.05) is 29.0 Å². The molecule has 0 aliphatic carbocycles. The highest BCUT2D eigenvalue weighted by Gasteiger charge is 2.37. The minimum atomic E-state index is 0.180. The van der Waals surface area contributed by atoms with Crippen LogP contribution in [0.25, 0.3) is 0 Å². The van der Waals surface area contributed by atoms with Crippen molar-refractivity contribution in [3.63, 3.8) is 0 Å². The Morgan fingerprint density at radius 3 is 2.12 bits per heavy atom. The third-order valence-electron chi connectivity index (χ3n) is 3.34. The first kappa shape index (κ1) is 14.4. The van der Waals surface area contributed by atoms with Gasteiger partial charge in [0.05, 0.1) is 0 Å². The molecule has 0 radical (unpaired) electrons. The topological polar surface area (TPSA) is 50.1 Å². The summed E-state index contributed by atoms with van der Waals surface area (Å²) in [6.45, 7) is 13.3. The van der Waals surface area contributed by atoms with Gasteiger partial charge in [0.15, 0.2) is 0 Å². The molecular formula is C14H29N3. The predicted molar refractivity (Wildman–Crippen MR) is 74.6 cm³/mol. The summed E-state index contributed by atoms with van der Waals surface area (Å²) in [6.07, 6.45) is 4.24. The lowest BCUT2D eigenvalue weighted by Crippen LogP contribution is -2.61. The average molecular weight is 239 g/mol. The van der Waals surface area contributed by atoms with Crippen molar-refractivity contribution in [3.05, 3.63) is 11.9 Å². The summed E-state index contributed by atoms with van der Waals surface area (Å²) >= 11 is 0. The van der Waals surface area contributed by atoms with Gasteiger partial charge < -0.3 is 16.4 Å². The molecule has 1 heterocycles. The van der Waals surface area contributed by atoms with E-state index in [0.29, 0.717) is 12.0 Å². The fourth-order valence-electron chi connectivity index (χ4n) is 2.82. The van der Waals surface area contributed by atoms with Crippen LogP contribution in [0.3, 0.4) is 0 Å². The van der Waals surface area contributed by atoms with Crippen LogP contribution in [0, 0.1) is 5.92 Å². The molecule has 0 bridgehead atoms. The predicted octanol–water partition coefficient (Wildman–Crippen LogP) is 2.34. The summed E-state index contributed by atoms with van der Waals surface area (Å²) in [4.78, 5) is 0. The summed E-state index contributed by atoms with van der Waals surface area (Å²) < 4.78 is 0. The number of hydrogen-bond acceptors (Lipinski definition) is 3. The fraction of sp³-hybridized carbons (Fsp3) is 0.857. The maximum absolute atomic E-state index is 5.95. The van der Waals surface area contributed by atoms with E-state index < -0.39 is 0 Å². The van der Waals surface area contributed by atoms with Gasteiger partial charge in [0.2, 0.25) is 0 Å². The number of nitrogens with two attached hydrogens (primary N) is 1. The number of rotatable bonds is 3. The van der Waals surface area contributed by atoms with Crippen LogP contribution in [-0.2, 0) is 0 Å². The van der Waals surface area contributed by atoms with Crippen LogP contribution in [0.2, 0.25) is 0 Å². The highest BCUT2D eigenvalue weighted by atomic mass is 15.1. The normalized spacial score (nSPS) is 25.0. The zero-order valence-corrected chi connectivity index (χ0v) is 12.2. The van der Waals surface area contributed by atoms with Crippen molar-refractivity contribution in [1.82, 2.24) is 10.6 Å². The molecule has 1 aliphatic heterocycles. The van der Waals surface area contributed by atoms with Crippen LogP contribution in [0.5, 0.6) is 0 Å². The van der Waals surface area contributed by atoms with Gasteiger partial charge in [0.25, 0.3) is 0 Å². The van der Waals surface area contributed by atoms with Crippen LogP contribution < -0.4 is 16.4 Å². The lowest BCUT2D eigenvalue weighted by Gasteiger charge is -2.46. The lowest BCUT2D eigenvalue weighted by atomic mass is 9.80. The molecule has 4 N–H and O–H groups in total. The Bertz CT molecular complexity index is 274. The molecule has 0 aromatic heterocycles. The van der Waals surface area contributed by atoms with Crippen molar-refractivity contribution in [2.75, 3.05) is 0 Å². The fourth-order valence-corrected chi connectivity index (χ4v) is 2.82. The van der Waals surface area contributed by atoms with Gasteiger partial charge in [-0.15, -0.1) is 0 Å². The Morgan fingerprint density at radius 2 is 1.71 bits per heavy atom. The van der Waals surface area contributed by atoms with E-state index >= 15 is 0 Å². The first-order valence-corrected chi connectivity index (χ1v) is 6.62. The van der Waals surface area contributed by atoms with Crippen LogP contribution in [0.4, 0.5) is 0 Å². The molecule has 17 heavy (non-hydrogen) atoms. The van der Waals surface area contributed by atoms with E-state index in [0.717, 1.165) is 18.5 Å². The molecule has 1 saturated heterocycles. The van der Waals surface area contributed by atoms with Crippen LogP contribution in [-0.4, -0.2) is 17.1 Å². The van der Waals surface area contributed by atoms with E-state index in [9.17, 15) is 0 Å². The van der Waals surface area contributed by atoms with Gasteiger partial charge in [-0.3, -0.25) is 0 Å². The molecule has 0 amide bonds. The van der Waals surface area contributed by atoms with Gasteiger partial charge in [-0.05, 0) is 46.5 Å². The molecule has 3 heteroatoms. The second-order valence-corrected chi connectivity index (χ2v) is 6.96. The molecule has 0 spiro atoms. The Kier molecular flexibility index (Phi) is 4.13. The second kappa shape index (κ2) is 4.89. The van der Waals surface area contributed by atoms with Crippen LogP contribution >= 0.6 is 0 Å². The molecule has 1 rings (SSSR count). The zero-order chi connectivity index (χ0) is 13.3. The van der Waals surface area contributed by atoms with Gasteiger partial charge in [0.1, 0.15) is 0 Å². The van der Waals surface area contributed by atoms with Gasteiger partial charge >= 0.3 is 0 Å². The highest BCUT2D eigenvalue weighted by molar-refractivity contribution is 5.04. The van der Waals surface area contributed by atoms with E-state index in [1.807, 2.05) is 6.20 Å². The third-order valence-corrected chi connectivity index (χ3v) is 3.34. The summed E-state index contributed by atoms with van der Waals surface area (Å²) in [6, 6.07) is 0.499. The number of nitrogens with one attached hydrogen (secondary N) is 2. The molecule has 0 saturated carbocycles. The summed E-state index contributed by atoms with van der Waals surface area (Å²) in [7, 11) is 0. The molecule has 1 fully saturated rings. The summed E-state index contributed by atoms with van der Waals surface area (Å²) in [5, 5.41) is 7.17. The smallest absolute Gasteiger partial charge is 0.0291 e. The average Bonchev–Trinajstić information content (AvgIpc) is 2.08. The standard InChI is InChI=1S/C14H29N3/c1-10(2)12(15)9-16-11-7-13(3,4)17-14(5,6)8-11/h9-11,16-17H,7-8,15H2,1-6H3/b12-9-. The molecule has 0 aromatic rings. The zero-order valence-electron chi connectivity index (χ0n) is 12.2. The second-order valence-electron chi connectivity index (χ2n) is 6.96. The monoisotopic (exact) mass is 239 g/mol. The Labute approximate surface area is 106 Å². The van der Waals surface area contributed by atoms with Crippen molar-refractivity contribution in [3.8, 4) is 0 Å². The van der Waals surface area contributed by atoms with Crippen molar-refractivity contribution < 1.29 is 0 Å². The molecule has 3 nitrogen and oxygen atoms in total. The quantitative estimate of drug-likeness (QED) is 0.708. The highest BCUT2D eigenvalue weighted by Crippen LogP contribution is 2.28. The minimum absolute atomic E-state index is 0.180. The lowest BCUT2D eigenvalue weighted by molar-refractivity contribution is 0.153. The van der Waals surface area contributed by atoms with E-state index in [4.69, 9.17) is 5.73 Å². The Hall–Kier alpha value is -0.700.